The zero-order valence-corrected chi connectivity index (χ0v) is 10.3. The van der Waals surface area contributed by atoms with E-state index in [1.54, 1.807) is 0 Å². The Morgan fingerprint density at radius 2 is 2.53 bits per heavy atom. The molecule has 1 N–H and O–H groups in total. The van der Waals surface area contributed by atoms with E-state index in [-0.39, 0.29) is 6.23 Å². The first kappa shape index (κ1) is 12.2. The molecule has 92 valence electrons. The van der Waals surface area contributed by atoms with Gasteiger partial charge in [0.2, 0.25) is 0 Å². The van der Waals surface area contributed by atoms with Crippen molar-refractivity contribution in [2.45, 2.75) is 31.9 Å². The zero-order valence-electron chi connectivity index (χ0n) is 10.3. The molecule has 0 bridgehead atoms. The summed E-state index contributed by atoms with van der Waals surface area (Å²) in [7, 11) is 1.93. The largest absolute Gasteiger partial charge is 0.357 e. The molecular formula is C13H19N3O. The van der Waals surface area contributed by atoms with E-state index in [1.807, 2.05) is 24.1 Å². The van der Waals surface area contributed by atoms with Crippen LogP contribution in [-0.4, -0.2) is 30.0 Å². The van der Waals surface area contributed by atoms with E-state index in [2.05, 4.69) is 22.3 Å². The fourth-order valence-corrected chi connectivity index (χ4v) is 1.84. The lowest BCUT2D eigenvalue weighted by atomic mass is 10.2. The number of nitrogens with zero attached hydrogens (tertiary/aromatic N) is 2. The number of hydrogen-bond donors (Lipinski definition) is 1. The molecule has 0 spiro atoms. The first-order chi connectivity index (χ1) is 8.40. The highest BCUT2D eigenvalue weighted by Crippen LogP contribution is 2.21. The number of ether oxygens (including phenoxy) is 1. The number of aromatic nitrogens is 2. The normalized spacial score (nSPS) is 19.7. The minimum absolute atomic E-state index is 0.108. The van der Waals surface area contributed by atoms with Gasteiger partial charge < -0.3 is 10.1 Å². The predicted octanol–water partition coefficient (Wildman–Crippen LogP) is 1.54. The Hall–Kier alpha value is -1.31. The molecule has 2 rings (SSSR count). The highest BCUT2D eigenvalue weighted by Gasteiger charge is 2.15. The van der Waals surface area contributed by atoms with E-state index in [0.717, 1.165) is 38.0 Å². The van der Waals surface area contributed by atoms with Crippen molar-refractivity contribution in [2.24, 2.45) is 0 Å². The standard InChI is InChI=1S/C13H19N3O/c1-14-8-4-2-6-12-10-15-16(11-12)13-7-3-5-9-17-13/h10-11,13-14H,3-5,7-9H2,1H3/t13-/m0/s1. The third kappa shape index (κ3) is 3.58. The van der Waals surface area contributed by atoms with Crippen LogP contribution >= 0.6 is 0 Å². The van der Waals surface area contributed by atoms with Gasteiger partial charge in [0.05, 0.1) is 11.8 Å². The van der Waals surface area contributed by atoms with Gasteiger partial charge in [0.25, 0.3) is 0 Å². The van der Waals surface area contributed by atoms with Gasteiger partial charge in [-0.05, 0) is 26.3 Å². The van der Waals surface area contributed by atoms with Crippen LogP contribution in [0.3, 0.4) is 0 Å². The van der Waals surface area contributed by atoms with Gasteiger partial charge in [-0.1, -0.05) is 11.8 Å². The summed E-state index contributed by atoms with van der Waals surface area (Å²) in [5, 5.41) is 7.38. The van der Waals surface area contributed by atoms with E-state index < -0.39 is 0 Å². The first-order valence-electron chi connectivity index (χ1n) is 6.19. The Kier molecular flexibility index (Phi) is 4.60. The monoisotopic (exact) mass is 233 g/mol. The second-order valence-corrected chi connectivity index (χ2v) is 4.19. The molecule has 0 unspecified atom stereocenters. The molecule has 0 saturated carbocycles. The van der Waals surface area contributed by atoms with Gasteiger partial charge in [0.1, 0.15) is 6.23 Å². The van der Waals surface area contributed by atoms with E-state index in [4.69, 9.17) is 4.74 Å². The van der Waals surface area contributed by atoms with Crippen molar-refractivity contribution in [3.63, 3.8) is 0 Å². The van der Waals surface area contributed by atoms with Crippen molar-refractivity contribution in [1.29, 1.82) is 0 Å². The quantitative estimate of drug-likeness (QED) is 0.636. The van der Waals surface area contributed by atoms with Crippen molar-refractivity contribution >= 4 is 0 Å². The van der Waals surface area contributed by atoms with Crippen molar-refractivity contribution < 1.29 is 4.74 Å². The molecule has 2 heterocycles. The van der Waals surface area contributed by atoms with Gasteiger partial charge in [-0.2, -0.15) is 5.10 Å². The minimum atomic E-state index is 0.108. The molecule has 0 aliphatic carbocycles. The van der Waals surface area contributed by atoms with Crippen LogP contribution in [0.15, 0.2) is 12.4 Å². The highest BCUT2D eigenvalue weighted by atomic mass is 16.5. The molecule has 4 heteroatoms. The van der Waals surface area contributed by atoms with Gasteiger partial charge in [-0.15, -0.1) is 0 Å². The smallest absolute Gasteiger partial charge is 0.150 e. The summed E-state index contributed by atoms with van der Waals surface area (Å²) in [5.41, 5.74) is 0.968. The van der Waals surface area contributed by atoms with Crippen LogP contribution in [0.5, 0.6) is 0 Å². The summed E-state index contributed by atoms with van der Waals surface area (Å²) >= 11 is 0. The summed E-state index contributed by atoms with van der Waals surface area (Å²) in [6.45, 7) is 1.76. The third-order valence-electron chi connectivity index (χ3n) is 2.78. The molecule has 0 amide bonds. The van der Waals surface area contributed by atoms with Crippen LogP contribution in [0.25, 0.3) is 0 Å². The van der Waals surface area contributed by atoms with Crippen LogP contribution < -0.4 is 5.32 Å². The first-order valence-corrected chi connectivity index (χ1v) is 6.19. The summed E-state index contributed by atoms with van der Waals surface area (Å²) in [6.07, 6.45) is 8.18. The lowest BCUT2D eigenvalue weighted by Crippen LogP contribution is -2.18. The lowest BCUT2D eigenvalue weighted by molar-refractivity contribution is -0.0395. The molecule has 1 aliphatic rings. The maximum absolute atomic E-state index is 5.66. The molecule has 1 aromatic rings. The lowest BCUT2D eigenvalue weighted by Gasteiger charge is -2.22. The fourth-order valence-electron chi connectivity index (χ4n) is 1.84. The molecule has 0 aromatic carbocycles. The topological polar surface area (TPSA) is 39.1 Å². The molecule has 1 aliphatic heterocycles. The Morgan fingerprint density at radius 3 is 3.29 bits per heavy atom. The molecule has 1 aromatic heterocycles. The predicted molar refractivity (Wildman–Crippen MR) is 66.5 cm³/mol. The number of hydrogen-bond acceptors (Lipinski definition) is 3. The SMILES string of the molecule is CNCCC#Cc1cnn([C@@H]2CCCCO2)c1. The van der Waals surface area contributed by atoms with Crippen LogP contribution in [0, 0.1) is 11.8 Å². The summed E-state index contributed by atoms with van der Waals surface area (Å²) < 4.78 is 7.55. The summed E-state index contributed by atoms with van der Waals surface area (Å²) in [4.78, 5) is 0. The van der Waals surface area contributed by atoms with E-state index in [0.29, 0.717) is 0 Å². The number of nitrogens with one attached hydrogen (secondary N) is 1. The van der Waals surface area contributed by atoms with E-state index in [9.17, 15) is 0 Å². The minimum Gasteiger partial charge on any atom is -0.357 e. The third-order valence-corrected chi connectivity index (χ3v) is 2.78. The van der Waals surface area contributed by atoms with Crippen LogP contribution in [-0.2, 0) is 4.74 Å². The van der Waals surface area contributed by atoms with Crippen molar-refractivity contribution in [1.82, 2.24) is 15.1 Å². The Morgan fingerprint density at radius 1 is 1.59 bits per heavy atom. The average Bonchev–Trinajstić information content (AvgIpc) is 2.85. The van der Waals surface area contributed by atoms with Gasteiger partial charge in [0.15, 0.2) is 0 Å². The van der Waals surface area contributed by atoms with Gasteiger partial charge >= 0.3 is 0 Å². The maximum atomic E-state index is 5.66. The van der Waals surface area contributed by atoms with Crippen LogP contribution in [0.1, 0.15) is 37.5 Å². The van der Waals surface area contributed by atoms with Gasteiger partial charge in [-0.3, -0.25) is 0 Å². The molecule has 1 saturated heterocycles. The molecule has 1 atom stereocenters. The summed E-state index contributed by atoms with van der Waals surface area (Å²) in [6, 6.07) is 0. The Labute approximate surface area is 102 Å². The molecule has 1 fully saturated rings. The molecular weight excluding hydrogens is 214 g/mol. The Bertz CT molecular complexity index is 396. The number of rotatable bonds is 3. The van der Waals surface area contributed by atoms with Crippen molar-refractivity contribution in [2.75, 3.05) is 20.2 Å². The van der Waals surface area contributed by atoms with Crippen molar-refractivity contribution in [3.8, 4) is 11.8 Å². The zero-order chi connectivity index (χ0) is 11.9. The van der Waals surface area contributed by atoms with Crippen LogP contribution in [0.2, 0.25) is 0 Å². The van der Waals surface area contributed by atoms with Gasteiger partial charge in [-0.25, -0.2) is 4.68 Å². The average molecular weight is 233 g/mol. The Balaban J connectivity index is 1.92. The van der Waals surface area contributed by atoms with E-state index in [1.165, 1.54) is 6.42 Å². The second kappa shape index (κ2) is 6.43. The maximum Gasteiger partial charge on any atom is 0.150 e. The molecule has 4 nitrogen and oxygen atoms in total. The van der Waals surface area contributed by atoms with Crippen molar-refractivity contribution in [3.05, 3.63) is 18.0 Å². The molecule has 17 heavy (non-hydrogen) atoms. The fraction of sp³-hybridized carbons (Fsp3) is 0.615. The van der Waals surface area contributed by atoms with Gasteiger partial charge in [0, 0.05) is 25.8 Å². The van der Waals surface area contributed by atoms with Crippen LogP contribution in [0.4, 0.5) is 0 Å². The van der Waals surface area contributed by atoms with E-state index >= 15 is 0 Å². The highest BCUT2D eigenvalue weighted by molar-refractivity contribution is 5.29. The molecule has 0 radical (unpaired) electrons. The second-order valence-electron chi connectivity index (χ2n) is 4.19. The summed E-state index contributed by atoms with van der Waals surface area (Å²) in [5.74, 6) is 6.22.